The molecule has 1 aromatic carbocycles. The van der Waals surface area contributed by atoms with Crippen LogP contribution in [0, 0.1) is 5.92 Å². The Morgan fingerprint density at radius 1 is 1.13 bits per heavy atom. The normalized spacial score (nSPS) is 17.1. The van der Waals surface area contributed by atoms with Gasteiger partial charge in [0.1, 0.15) is 10.6 Å². The van der Waals surface area contributed by atoms with E-state index < -0.39 is 27.7 Å². The van der Waals surface area contributed by atoms with E-state index in [1.807, 2.05) is 6.07 Å². The maximum Gasteiger partial charge on any atom is 0.534 e. The van der Waals surface area contributed by atoms with Gasteiger partial charge in [0.2, 0.25) is 0 Å². The van der Waals surface area contributed by atoms with Crippen molar-refractivity contribution in [2.75, 3.05) is 7.11 Å². The highest BCUT2D eigenvalue weighted by atomic mass is 32.2. The molecule has 3 rings (SSSR count). The first-order chi connectivity index (χ1) is 18.0. The summed E-state index contributed by atoms with van der Waals surface area (Å²) in [5.41, 5.74) is -3.80. The fourth-order valence-corrected chi connectivity index (χ4v) is 6.15. The molecule has 0 amide bonds. The fraction of sp³-hybridized carbons (Fsp3) is 0.519. The number of rotatable bonds is 13. The summed E-state index contributed by atoms with van der Waals surface area (Å²) in [6, 6.07) is 10.4. The van der Waals surface area contributed by atoms with Gasteiger partial charge in [-0.1, -0.05) is 50.5 Å². The molecule has 0 saturated heterocycles. The van der Waals surface area contributed by atoms with E-state index in [1.165, 1.54) is 18.4 Å². The molecule has 11 heteroatoms. The quantitative estimate of drug-likeness (QED) is 0.118. The minimum atomic E-state index is -5.79. The van der Waals surface area contributed by atoms with E-state index in [0.717, 1.165) is 24.1 Å². The van der Waals surface area contributed by atoms with E-state index in [1.54, 1.807) is 30.3 Å². The Morgan fingerprint density at radius 2 is 1.84 bits per heavy atom. The Morgan fingerprint density at radius 3 is 2.47 bits per heavy atom. The fourth-order valence-electron chi connectivity index (χ4n) is 4.65. The standard InChI is InChI=1S/C27H33F3O6S2/c1-3-4-5-9-22(31)18-10-12-20(13-11-18)25-19(14-16-23(25)36-38(33,34)27(28,29)30)7-6-8-21-15-17-24(37-21)26(32)35-2/h10-13,15,17,19,22,31H,3-9,14,16H2,1-2H3/t19-,22?/m0/s1. The van der Waals surface area contributed by atoms with Crippen LogP contribution in [-0.2, 0) is 25.5 Å². The van der Waals surface area contributed by atoms with Crippen molar-refractivity contribution in [1.29, 1.82) is 0 Å². The van der Waals surface area contributed by atoms with Crippen molar-refractivity contribution in [1.82, 2.24) is 0 Å². The maximum atomic E-state index is 13.1. The summed E-state index contributed by atoms with van der Waals surface area (Å²) in [4.78, 5) is 13.2. The van der Waals surface area contributed by atoms with Crippen LogP contribution in [0.15, 0.2) is 42.2 Å². The summed E-state index contributed by atoms with van der Waals surface area (Å²) in [6.07, 6.45) is 5.35. The number of aliphatic hydroxyl groups excluding tert-OH is 1. The Hall–Kier alpha value is -2.37. The predicted octanol–water partition coefficient (Wildman–Crippen LogP) is 7.16. The van der Waals surface area contributed by atoms with Gasteiger partial charge in [0, 0.05) is 16.9 Å². The van der Waals surface area contributed by atoms with Crippen molar-refractivity contribution in [3.63, 3.8) is 0 Å². The first kappa shape index (κ1) is 30.2. The highest BCUT2D eigenvalue weighted by molar-refractivity contribution is 7.87. The summed E-state index contributed by atoms with van der Waals surface area (Å²) in [6.45, 7) is 2.07. The number of aryl methyl sites for hydroxylation is 1. The largest absolute Gasteiger partial charge is 0.534 e. The number of methoxy groups -OCH3 is 1. The zero-order valence-electron chi connectivity index (χ0n) is 21.4. The summed E-state index contributed by atoms with van der Waals surface area (Å²) in [5.74, 6) is -0.796. The number of benzene rings is 1. The van der Waals surface area contributed by atoms with Crippen LogP contribution in [0.2, 0.25) is 0 Å². The van der Waals surface area contributed by atoms with Crippen LogP contribution in [0.4, 0.5) is 13.2 Å². The van der Waals surface area contributed by atoms with Crippen molar-refractivity contribution in [3.05, 3.63) is 63.0 Å². The molecule has 0 fully saturated rings. The number of alkyl halides is 3. The minimum absolute atomic E-state index is 0.0716. The minimum Gasteiger partial charge on any atom is -0.465 e. The lowest BCUT2D eigenvalue weighted by Crippen LogP contribution is -2.25. The molecule has 6 nitrogen and oxygen atoms in total. The van der Waals surface area contributed by atoms with Gasteiger partial charge in [0.15, 0.2) is 0 Å². The first-order valence-corrected chi connectivity index (χ1v) is 14.9. The molecule has 0 bridgehead atoms. The van der Waals surface area contributed by atoms with Crippen molar-refractivity contribution in [2.45, 2.75) is 76.3 Å². The number of carbonyl (C=O) groups excluding carboxylic acids is 1. The van der Waals surface area contributed by atoms with Crippen molar-refractivity contribution >= 4 is 33.0 Å². The Labute approximate surface area is 225 Å². The van der Waals surface area contributed by atoms with Crippen LogP contribution in [0.3, 0.4) is 0 Å². The number of unbranched alkanes of at least 4 members (excludes halogenated alkanes) is 2. The molecule has 1 N–H and O–H groups in total. The second kappa shape index (κ2) is 13.1. The number of thiophene rings is 1. The number of carbonyl (C=O) groups is 1. The lowest BCUT2D eigenvalue weighted by molar-refractivity contribution is -0.0522. The van der Waals surface area contributed by atoms with Crippen LogP contribution < -0.4 is 0 Å². The van der Waals surface area contributed by atoms with E-state index in [-0.39, 0.29) is 18.1 Å². The highest BCUT2D eigenvalue weighted by Gasteiger charge is 2.49. The summed E-state index contributed by atoms with van der Waals surface area (Å²) < 4.78 is 72.1. The lowest BCUT2D eigenvalue weighted by Gasteiger charge is -2.18. The Balaban J connectivity index is 1.80. The molecule has 0 spiro atoms. The first-order valence-electron chi connectivity index (χ1n) is 12.7. The summed E-state index contributed by atoms with van der Waals surface area (Å²) in [7, 11) is -4.48. The monoisotopic (exact) mass is 574 g/mol. The van der Waals surface area contributed by atoms with E-state index in [0.29, 0.717) is 53.7 Å². The number of halogens is 3. The third-order valence-electron chi connectivity index (χ3n) is 6.63. The topological polar surface area (TPSA) is 89.9 Å². The molecule has 1 aliphatic rings. The van der Waals surface area contributed by atoms with Crippen LogP contribution >= 0.6 is 11.3 Å². The lowest BCUT2D eigenvalue weighted by atomic mass is 9.89. The van der Waals surface area contributed by atoms with Gasteiger partial charge < -0.3 is 14.0 Å². The number of allylic oxidation sites excluding steroid dienone is 2. The molecule has 38 heavy (non-hydrogen) atoms. The third-order valence-corrected chi connectivity index (χ3v) is 8.75. The van der Waals surface area contributed by atoms with E-state index >= 15 is 0 Å². The van der Waals surface area contributed by atoms with Crippen molar-refractivity contribution in [2.24, 2.45) is 5.92 Å². The molecule has 1 aromatic heterocycles. The molecule has 1 aliphatic carbocycles. The SMILES string of the molecule is CCCCCC(O)c1ccc(C2=C(OS(=O)(=O)C(F)(F)F)CC[C@@H]2CCCc2ccc(C(=O)OC)s2)cc1. The van der Waals surface area contributed by atoms with Gasteiger partial charge in [0.25, 0.3) is 0 Å². The number of aliphatic hydroxyl groups is 1. The predicted molar refractivity (Wildman–Crippen MR) is 140 cm³/mol. The summed E-state index contributed by atoms with van der Waals surface area (Å²) in [5, 5.41) is 10.5. The Bertz CT molecular complexity index is 1220. The van der Waals surface area contributed by atoms with Gasteiger partial charge in [0.05, 0.1) is 13.2 Å². The van der Waals surface area contributed by atoms with Crippen LogP contribution in [0.5, 0.6) is 0 Å². The van der Waals surface area contributed by atoms with Gasteiger partial charge in [-0.2, -0.15) is 21.6 Å². The van der Waals surface area contributed by atoms with Gasteiger partial charge >= 0.3 is 21.6 Å². The van der Waals surface area contributed by atoms with E-state index in [9.17, 15) is 31.5 Å². The summed E-state index contributed by atoms with van der Waals surface area (Å²) >= 11 is 1.33. The van der Waals surface area contributed by atoms with Gasteiger partial charge in [-0.05, 0) is 61.3 Å². The van der Waals surface area contributed by atoms with Crippen LogP contribution in [0.1, 0.15) is 90.1 Å². The molecule has 2 aromatic rings. The number of esters is 1. The maximum absolute atomic E-state index is 13.1. The number of hydrogen-bond acceptors (Lipinski definition) is 7. The molecule has 210 valence electrons. The van der Waals surface area contributed by atoms with Crippen molar-refractivity contribution in [3.8, 4) is 0 Å². The number of hydrogen-bond donors (Lipinski definition) is 1. The second-order valence-electron chi connectivity index (χ2n) is 9.34. The smallest absolute Gasteiger partial charge is 0.465 e. The average molecular weight is 575 g/mol. The van der Waals surface area contributed by atoms with E-state index in [2.05, 4.69) is 11.1 Å². The molecule has 0 radical (unpaired) electrons. The molecule has 0 saturated carbocycles. The molecular weight excluding hydrogens is 541 g/mol. The zero-order chi connectivity index (χ0) is 27.9. The van der Waals surface area contributed by atoms with Crippen LogP contribution in [0.25, 0.3) is 5.57 Å². The van der Waals surface area contributed by atoms with Gasteiger partial charge in [-0.15, -0.1) is 11.3 Å². The van der Waals surface area contributed by atoms with Gasteiger partial charge in [-0.25, -0.2) is 4.79 Å². The van der Waals surface area contributed by atoms with E-state index in [4.69, 9.17) is 4.74 Å². The molecule has 0 aliphatic heterocycles. The molecule has 1 unspecified atom stereocenters. The second-order valence-corrected chi connectivity index (χ2v) is 12.0. The third kappa shape index (κ3) is 7.60. The molecule has 2 atom stereocenters. The molecule has 1 heterocycles. The van der Waals surface area contributed by atoms with Gasteiger partial charge in [-0.3, -0.25) is 0 Å². The zero-order valence-corrected chi connectivity index (χ0v) is 23.1. The van der Waals surface area contributed by atoms with Crippen molar-refractivity contribution < 1.29 is 40.4 Å². The Kier molecular flexibility index (Phi) is 10.4. The van der Waals surface area contributed by atoms with Crippen LogP contribution in [-0.4, -0.2) is 32.1 Å². The average Bonchev–Trinajstić information content (AvgIpc) is 3.50. The molecular formula is C27H33F3O6S2. The highest BCUT2D eigenvalue weighted by Crippen LogP contribution is 2.44. The number of ether oxygens (including phenoxy) is 1.